The summed E-state index contributed by atoms with van der Waals surface area (Å²) in [5.41, 5.74) is 0.0808. The molecule has 0 bridgehead atoms. The molecule has 2 amide bonds. The van der Waals surface area contributed by atoms with Crippen molar-refractivity contribution in [1.82, 2.24) is 20.2 Å². The molecule has 1 aromatic carbocycles. The highest BCUT2D eigenvalue weighted by Gasteiger charge is 2.50. The summed E-state index contributed by atoms with van der Waals surface area (Å²) in [5, 5.41) is 5.06. The van der Waals surface area contributed by atoms with Crippen LogP contribution in [0.1, 0.15) is 48.0 Å². The molecule has 3 aliphatic heterocycles. The minimum atomic E-state index is -4.75. The smallest absolute Gasteiger partial charge is 0.367 e. The highest BCUT2D eigenvalue weighted by Crippen LogP contribution is 2.40. The Morgan fingerprint density at radius 1 is 1.02 bits per heavy atom. The molecule has 4 atom stereocenters. The number of benzene rings is 1. The number of ether oxygens (including phenoxy) is 1. The summed E-state index contributed by atoms with van der Waals surface area (Å²) < 4.78 is 63.8. The summed E-state index contributed by atoms with van der Waals surface area (Å²) >= 11 is 0. The molecular formula is C32H43F4N7O3. The largest absolute Gasteiger partial charge is 0.393 e. The fourth-order valence-corrected chi connectivity index (χ4v) is 6.92. The van der Waals surface area contributed by atoms with E-state index in [9.17, 15) is 22.8 Å². The van der Waals surface area contributed by atoms with Crippen molar-refractivity contribution in [2.45, 2.75) is 77.4 Å². The Hall–Kier alpha value is -3.52. The lowest BCUT2D eigenvalue weighted by Gasteiger charge is -2.47. The Balaban J connectivity index is 1.49. The first kappa shape index (κ1) is 33.8. The van der Waals surface area contributed by atoms with Crippen molar-refractivity contribution in [1.29, 1.82) is 0 Å². The third kappa shape index (κ3) is 7.22. The lowest BCUT2D eigenvalue weighted by molar-refractivity contribution is -0.197. The van der Waals surface area contributed by atoms with Gasteiger partial charge >= 0.3 is 6.18 Å². The second kappa shape index (κ2) is 12.3. The molecule has 2 N–H and O–H groups in total. The second-order valence-electron chi connectivity index (χ2n) is 14.1. The minimum absolute atomic E-state index is 0.0905. The summed E-state index contributed by atoms with van der Waals surface area (Å²) in [5.74, 6) is -5.48. The molecule has 3 aliphatic rings. The number of halogens is 4. The second-order valence-corrected chi connectivity index (χ2v) is 14.1. The monoisotopic (exact) mass is 649 g/mol. The van der Waals surface area contributed by atoms with Gasteiger partial charge in [-0.3, -0.25) is 14.5 Å². The van der Waals surface area contributed by atoms with E-state index >= 15 is 4.39 Å². The number of nitrogens with one attached hydrogen (secondary N) is 2. The van der Waals surface area contributed by atoms with Crippen LogP contribution in [0.2, 0.25) is 0 Å². The molecule has 2 unspecified atom stereocenters. The number of piperazine rings is 1. The average molecular weight is 650 g/mol. The quantitative estimate of drug-likeness (QED) is 0.458. The first-order valence-corrected chi connectivity index (χ1v) is 15.6. The molecule has 3 saturated heterocycles. The number of hydrogen-bond acceptors (Lipinski definition) is 8. The van der Waals surface area contributed by atoms with Gasteiger partial charge in [-0.2, -0.15) is 13.2 Å². The van der Waals surface area contributed by atoms with Crippen molar-refractivity contribution in [2.24, 2.45) is 11.8 Å². The van der Waals surface area contributed by atoms with Gasteiger partial charge in [-0.15, -0.1) is 0 Å². The van der Waals surface area contributed by atoms with Crippen LogP contribution in [0.15, 0.2) is 24.5 Å². The number of likely N-dealkylation sites (N-methyl/N-ethyl adjacent to an activating group) is 1. The van der Waals surface area contributed by atoms with E-state index in [0.29, 0.717) is 43.4 Å². The van der Waals surface area contributed by atoms with Crippen molar-refractivity contribution in [3.05, 3.63) is 30.3 Å². The number of carbonyl (C=O) groups excluding carboxylic acids is 2. The zero-order chi connectivity index (χ0) is 33.8. The number of nitrogens with zero attached hydrogens (tertiary/aromatic N) is 5. The lowest BCUT2D eigenvalue weighted by atomic mass is 9.84. The van der Waals surface area contributed by atoms with Gasteiger partial charge in [0.25, 0.3) is 0 Å². The van der Waals surface area contributed by atoms with Crippen molar-refractivity contribution < 1.29 is 31.9 Å². The summed E-state index contributed by atoms with van der Waals surface area (Å²) in [6.07, 6.45) is -2.59. The van der Waals surface area contributed by atoms with Crippen molar-refractivity contribution in [2.75, 3.05) is 54.9 Å². The van der Waals surface area contributed by atoms with E-state index in [0.717, 1.165) is 0 Å². The summed E-state index contributed by atoms with van der Waals surface area (Å²) in [6.45, 7) is 13.7. The molecule has 14 heteroatoms. The van der Waals surface area contributed by atoms with Crippen LogP contribution in [-0.4, -0.2) is 95.9 Å². The lowest BCUT2D eigenvalue weighted by Crippen LogP contribution is -2.57. The van der Waals surface area contributed by atoms with Crippen LogP contribution in [-0.2, 0) is 14.3 Å². The van der Waals surface area contributed by atoms with Gasteiger partial charge in [-0.05, 0) is 60.7 Å². The normalized spacial score (nSPS) is 26.9. The van der Waals surface area contributed by atoms with Crippen LogP contribution in [0.25, 0.3) is 11.1 Å². The molecule has 1 aromatic heterocycles. The van der Waals surface area contributed by atoms with Crippen LogP contribution < -0.4 is 20.4 Å². The molecule has 252 valence electrons. The molecular weight excluding hydrogens is 606 g/mol. The van der Waals surface area contributed by atoms with Crippen LogP contribution in [0.3, 0.4) is 0 Å². The zero-order valence-corrected chi connectivity index (χ0v) is 27.3. The predicted octanol–water partition coefficient (Wildman–Crippen LogP) is 4.46. The fourth-order valence-electron chi connectivity index (χ4n) is 6.92. The average Bonchev–Trinajstić information content (AvgIpc) is 2.94. The SMILES string of the molecule is C[C@@H]1CN(c2cc(F)c(-c3cnc(N4CC(C)(C)OC(C)(C)C4)nc3)cc2NC(=O)C2CNC(=O)CC2C(F)(F)F)C[C@H](C)N1C. The maximum Gasteiger partial charge on any atom is 0.393 e. The Kier molecular flexibility index (Phi) is 9.01. The Labute approximate surface area is 266 Å². The summed E-state index contributed by atoms with van der Waals surface area (Å²) in [7, 11) is 2.00. The van der Waals surface area contributed by atoms with Crippen molar-refractivity contribution >= 4 is 29.1 Å². The first-order chi connectivity index (χ1) is 21.3. The third-order valence-corrected chi connectivity index (χ3v) is 9.14. The molecule has 0 aliphatic carbocycles. The number of rotatable bonds is 5. The van der Waals surface area contributed by atoms with Crippen molar-refractivity contribution in [3.8, 4) is 11.1 Å². The number of aromatic nitrogens is 2. The molecule has 46 heavy (non-hydrogen) atoms. The molecule has 3 fully saturated rings. The highest BCUT2D eigenvalue weighted by atomic mass is 19.4. The fraction of sp³-hybridized carbons (Fsp3) is 0.625. The van der Waals surface area contributed by atoms with Gasteiger partial charge in [0.1, 0.15) is 5.82 Å². The molecule has 0 saturated carbocycles. The van der Waals surface area contributed by atoms with Gasteiger partial charge < -0.3 is 25.2 Å². The predicted molar refractivity (Wildman–Crippen MR) is 167 cm³/mol. The van der Waals surface area contributed by atoms with Gasteiger partial charge in [0, 0.05) is 74.7 Å². The zero-order valence-electron chi connectivity index (χ0n) is 27.3. The van der Waals surface area contributed by atoms with E-state index < -0.39 is 59.8 Å². The van der Waals surface area contributed by atoms with E-state index in [1.54, 1.807) is 0 Å². The summed E-state index contributed by atoms with van der Waals surface area (Å²) in [4.78, 5) is 40.5. The standard InChI is InChI=1S/C32H43F4N7O3/c1-18-14-42(15-19(2)41(18)7)26-10-24(33)21(8-25(26)40-28(45)22-13-37-27(44)9-23(22)32(34,35)36)20-11-38-29(39-12-20)43-16-30(3,4)46-31(5,6)17-43/h8,10-12,18-19,22-23H,9,13-17H2,1-7H3,(H,37,44)(H,40,45)/t18-,19+,22?,23?. The number of piperidine rings is 1. The van der Waals surface area contributed by atoms with Gasteiger partial charge in [-0.1, -0.05) is 0 Å². The van der Waals surface area contributed by atoms with Gasteiger partial charge in [-0.25, -0.2) is 14.4 Å². The number of morpholine rings is 1. The Morgan fingerprint density at radius 2 is 1.61 bits per heavy atom. The number of carbonyl (C=O) groups is 2. The molecule has 0 spiro atoms. The summed E-state index contributed by atoms with van der Waals surface area (Å²) in [6, 6.07) is 2.92. The van der Waals surface area contributed by atoms with E-state index in [-0.39, 0.29) is 23.3 Å². The number of hydrogen-bond donors (Lipinski definition) is 2. The van der Waals surface area contributed by atoms with E-state index in [1.807, 2.05) is 58.4 Å². The van der Waals surface area contributed by atoms with Crippen LogP contribution in [0.4, 0.5) is 34.9 Å². The minimum Gasteiger partial charge on any atom is -0.367 e. The van der Waals surface area contributed by atoms with E-state index in [1.165, 1.54) is 24.5 Å². The number of anilines is 3. The number of amides is 2. The van der Waals surface area contributed by atoms with Gasteiger partial charge in [0.2, 0.25) is 17.8 Å². The molecule has 2 aromatic rings. The molecule has 10 nitrogen and oxygen atoms in total. The highest BCUT2D eigenvalue weighted by molar-refractivity contribution is 5.98. The number of alkyl halides is 3. The van der Waals surface area contributed by atoms with Crippen LogP contribution >= 0.6 is 0 Å². The van der Waals surface area contributed by atoms with E-state index in [2.05, 4.69) is 25.5 Å². The van der Waals surface area contributed by atoms with E-state index in [4.69, 9.17) is 4.74 Å². The van der Waals surface area contributed by atoms with Crippen molar-refractivity contribution in [3.63, 3.8) is 0 Å². The third-order valence-electron chi connectivity index (χ3n) is 9.14. The topological polar surface area (TPSA) is 103 Å². The van der Waals surface area contributed by atoms with Crippen LogP contribution in [0, 0.1) is 17.7 Å². The Bertz CT molecular complexity index is 1440. The molecule has 0 radical (unpaired) electrons. The van der Waals surface area contributed by atoms with Gasteiger partial charge in [0.15, 0.2) is 0 Å². The Morgan fingerprint density at radius 3 is 2.17 bits per heavy atom. The maximum absolute atomic E-state index is 15.9. The molecule has 4 heterocycles. The maximum atomic E-state index is 15.9. The first-order valence-electron chi connectivity index (χ1n) is 15.6. The molecule has 5 rings (SSSR count). The van der Waals surface area contributed by atoms with Crippen LogP contribution in [0.5, 0.6) is 0 Å². The van der Waals surface area contributed by atoms with Gasteiger partial charge in [0.05, 0.1) is 34.4 Å².